The third-order valence-corrected chi connectivity index (χ3v) is 2.93. The molecule has 82 valence electrons. The fraction of sp³-hybridized carbons (Fsp3) is 0.700. The van der Waals surface area contributed by atoms with Crippen LogP contribution in [0, 0.1) is 0 Å². The van der Waals surface area contributed by atoms with Gasteiger partial charge < -0.3 is 4.90 Å². The maximum Gasteiger partial charge on any atom is 0.181 e. The number of carbonyl (C=O) groups is 1. The highest BCUT2D eigenvalue weighted by molar-refractivity contribution is 5.91. The lowest BCUT2D eigenvalue weighted by molar-refractivity contribution is 0.101. The lowest BCUT2D eigenvalue weighted by Gasteiger charge is -2.28. The molecule has 1 aromatic heterocycles. The predicted octanol–water partition coefficient (Wildman–Crippen LogP) is 0.747. The molecule has 0 bridgehead atoms. The lowest BCUT2D eigenvalue weighted by Crippen LogP contribution is -2.31. The highest BCUT2D eigenvalue weighted by Crippen LogP contribution is 2.20. The quantitative estimate of drug-likeness (QED) is 0.673. The molecule has 0 radical (unpaired) electrons. The van der Waals surface area contributed by atoms with Crippen molar-refractivity contribution in [1.29, 1.82) is 0 Å². The van der Waals surface area contributed by atoms with Gasteiger partial charge in [0, 0.05) is 6.92 Å². The molecule has 0 amide bonds. The number of hydrogen-bond acceptors (Lipinski definition) is 4. The van der Waals surface area contributed by atoms with Crippen LogP contribution in [-0.2, 0) is 0 Å². The van der Waals surface area contributed by atoms with Crippen molar-refractivity contribution < 1.29 is 4.79 Å². The van der Waals surface area contributed by atoms with E-state index in [0.29, 0.717) is 11.7 Å². The van der Waals surface area contributed by atoms with E-state index >= 15 is 0 Å². The number of rotatable bonds is 2. The van der Waals surface area contributed by atoms with Gasteiger partial charge in [-0.15, -0.1) is 5.10 Å². The fourth-order valence-electron chi connectivity index (χ4n) is 1.88. The van der Waals surface area contributed by atoms with Crippen LogP contribution in [0.25, 0.3) is 0 Å². The minimum Gasteiger partial charge on any atom is -0.306 e. The van der Waals surface area contributed by atoms with Gasteiger partial charge in [-0.2, -0.15) is 0 Å². The van der Waals surface area contributed by atoms with Crippen molar-refractivity contribution in [3.8, 4) is 0 Å². The third-order valence-electron chi connectivity index (χ3n) is 2.93. The Hall–Kier alpha value is -1.23. The van der Waals surface area contributed by atoms with Crippen molar-refractivity contribution in [2.75, 3.05) is 20.1 Å². The van der Waals surface area contributed by atoms with Gasteiger partial charge in [-0.05, 0) is 33.0 Å². The highest BCUT2D eigenvalue weighted by Gasteiger charge is 2.19. The van der Waals surface area contributed by atoms with Crippen molar-refractivity contribution in [1.82, 2.24) is 19.9 Å². The Balaban J connectivity index is 2.06. The average Bonchev–Trinajstić information content (AvgIpc) is 2.68. The average molecular weight is 208 g/mol. The summed E-state index contributed by atoms with van der Waals surface area (Å²) in [6.07, 6.45) is 3.92. The molecule has 0 atom stereocenters. The Morgan fingerprint density at radius 2 is 2.13 bits per heavy atom. The molecule has 0 aliphatic carbocycles. The predicted molar refractivity (Wildman–Crippen MR) is 55.8 cm³/mol. The third kappa shape index (κ3) is 2.23. The van der Waals surface area contributed by atoms with Gasteiger partial charge in [-0.1, -0.05) is 5.21 Å². The Bertz CT molecular complexity index is 352. The first-order valence-corrected chi connectivity index (χ1v) is 5.28. The van der Waals surface area contributed by atoms with Crippen molar-refractivity contribution in [3.63, 3.8) is 0 Å². The molecule has 15 heavy (non-hydrogen) atoms. The second kappa shape index (κ2) is 4.10. The van der Waals surface area contributed by atoms with Crippen LogP contribution in [0.1, 0.15) is 36.3 Å². The number of hydrogen-bond donors (Lipinski definition) is 0. The Morgan fingerprint density at radius 1 is 1.47 bits per heavy atom. The number of ketones is 1. The summed E-state index contributed by atoms with van der Waals surface area (Å²) < 4.78 is 1.84. The van der Waals surface area contributed by atoms with Crippen LogP contribution in [0.15, 0.2) is 6.20 Å². The zero-order chi connectivity index (χ0) is 10.8. The molecule has 1 aliphatic heterocycles. The molecule has 1 aromatic rings. The highest BCUT2D eigenvalue weighted by atomic mass is 16.1. The number of carbonyl (C=O) groups excluding carboxylic acids is 1. The van der Waals surface area contributed by atoms with Crippen molar-refractivity contribution >= 4 is 5.78 Å². The van der Waals surface area contributed by atoms with E-state index in [4.69, 9.17) is 0 Å². The Kier molecular flexibility index (Phi) is 2.81. The first-order valence-electron chi connectivity index (χ1n) is 5.28. The summed E-state index contributed by atoms with van der Waals surface area (Å²) in [6.45, 7) is 3.68. The summed E-state index contributed by atoms with van der Waals surface area (Å²) >= 11 is 0. The molecule has 0 aromatic carbocycles. The van der Waals surface area contributed by atoms with Crippen LogP contribution in [0.4, 0.5) is 0 Å². The molecule has 5 nitrogen and oxygen atoms in total. The number of piperidine rings is 1. The van der Waals surface area contributed by atoms with Gasteiger partial charge in [0.25, 0.3) is 0 Å². The largest absolute Gasteiger partial charge is 0.306 e. The van der Waals surface area contributed by atoms with Gasteiger partial charge >= 0.3 is 0 Å². The molecule has 0 unspecified atom stereocenters. The first-order chi connectivity index (χ1) is 7.16. The van der Waals surface area contributed by atoms with Crippen LogP contribution in [0.2, 0.25) is 0 Å². The summed E-state index contributed by atoms with van der Waals surface area (Å²) in [6, 6.07) is 0.404. The topological polar surface area (TPSA) is 51.0 Å². The fourth-order valence-corrected chi connectivity index (χ4v) is 1.88. The Morgan fingerprint density at radius 3 is 2.67 bits per heavy atom. The minimum atomic E-state index is -0.0193. The SMILES string of the molecule is CC(=O)c1cn(C2CCN(C)CC2)nn1. The molecule has 1 aliphatic rings. The van der Waals surface area contributed by atoms with Gasteiger partial charge in [-0.3, -0.25) is 4.79 Å². The molecule has 0 saturated carbocycles. The molecular weight excluding hydrogens is 192 g/mol. The molecule has 1 saturated heterocycles. The standard InChI is InChI=1S/C10H16N4O/c1-8(15)10-7-14(12-11-10)9-3-5-13(2)6-4-9/h7,9H,3-6H2,1-2H3. The number of nitrogens with zero attached hydrogens (tertiary/aromatic N) is 4. The second-order valence-electron chi connectivity index (χ2n) is 4.17. The maximum atomic E-state index is 11.1. The van der Waals surface area contributed by atoms with Gasteiger partial charge in [0.2, 0.25) is 0 Å². The van der Waals surface area contributed by atoms with Crippen molar-refractivity contribution in [3.05, 3.63) is 11.9 Å². The number of likely N-dealkylation sites (tertiary alicyclic amines) is 1. The summed E-state index contributed by atoms with van der Waals surface area (Å²) in [5, 5.41) is 7.87. The smallest absolute Gasteiger partial charge is 0.181 e. The van der Waals surface area contributed by atoms with E-state index in [9.17, 15) is 4.79 Å². The van der Waals surface area contributed by atoms with E-state index in [0.717, 1.165) is 25.9 Å². The molecule has 2 rings (SSSR count). The molecule has 1 fully saturated rings. The zero-order valence-corrected chi connectivity index (χ0v) is 9.18. The monoisotopic (exact) mass is 208 g/mol. The van der Waals surface area contributed by atoms with Crippen LogP contribution in [0.5, 0.6) is 0 Å². The summed E-state index contributed by atoms with van der Waals surface area (Å²) in [4.78, 5) is 13.4. The van der Waals surface area contributed by atoms with Crippen LogP contribution < -0.4 is 0 Å². The van der Waals surface area contributed by atoms with Crippen LogP contribution in [-0.4, -0.2) is 45.8 Å². The van der Waals surface area contributed by atoms with Crippen molar-refractivity contribution in [2.45, 2.75) is 25.8 Å². The minimum absolute atomic E-state index is 0.0193. The lowest BCUT2D eigenvalue weighted by atomic mass is 10.1. The summed E-state index contributed by atoms with van der Waals surface area (Å²) in [5.74, 6) is -0.0193. The van der Waals surface area contributed by atoms with E-state index in [2.05, 4.69) is 22.3 Å². The van der Waals surface area contributed by atoms with E-state index in [1.807, 2.05) is 4.68 Å². The zero-order valence-electron chi connectivity index (χ0n) is 9.18. The Labute approximate surface area is 89.1 Å². The first kappa shape index (κ1) is 10.3. The molecular formula is C10H16N4O. The van der Waals surface area contributed by atoms with Gasteiger partial charge in [0.15, 0.2) is 5.78 Å². The van der Waals surface area contributed by atoms with E-state index in [-0.39, 0.29) is 5.78 Å². The summed E-state index contributed by atoms with van der Waals surface area (Å²) in [5.41, 5.74) is 0.467. The van der Waals surface area contributed by atoms with Crippen molar-refractivity contribution in [2.24, 2.45) is 0 Å². The van der Waals surface area contributed by atoms with Gasteiger partial charge in [0.1, 0.15) is 5.69 Å². The molecule has 0 N–H and O–H groups in total. The molecule has 2 heterocycles. The normalized spacial score (nSPS) is 19.3. The van der Waals surface area contributed by atoms with Crippen LogP contribution in [0.3, 0.4) is 0 Å². The van der Waals surface area contributed by atoms with E-state index in [1.165, 1.54) is 6.92 Å². The molecule has 0 spiro atoms. The van der Waals surface area contributed by atoms with E-state index in [1.54, 1.807) is 6.20 Å². The van der Waals surface area contributed by atoms with Crippen LogP contribution >= 0.6 is 0 Å². The second-order valence-corrected chi connectivity index (χ2v) is 4.17. The maximum absolute atomic E-state index is 11.1. The van der Waals surface area contributed by atoms with E-state index < -0.39 is 0 Å². The van der Waals surface area contributed by atoms with Gasteiger partial charge in [-0.25, -0.2) is 4.68 Å². The number of aromatic nitrogens is 3. The summed E-state index contributed by atoms with van der Waals surface area (Å²) in [7, 11) is 2.12. The van der Waals surface area contributed by atoms with Gasteiger partial charge in [0.05, 0.1) is 12.2 Å². The molecule has 5 heteroatoms. The number of Topliss-reactive ketones (excluding diaryl/α,β-unsaturated/α-hetero) is 1.